The SMILES string of the molecule is Cc1ccc(N2CCCS2=O)nc1. The first kappa shape index (κ1) is 8.69. The van der Waals surface area contributed by atoms with Crippen molar-refractivity contribution in [1.29, 1.82) is 0 Å². The summed E-state index contributed by atoms with van der Waals surface area (Å²) in [6, 6.07) is 3.93. The van der Waals surface area contributed by atoms with Gasteiger partial charge in [-0.05, 0) is 25.0 Å². The highest BCUT2D eigenvalue weighted by molar-refractivity contribution is 7.86. The molecule has 1 aliphatic rings. The third-order valence-corrected chi connectivity index (χ3v) is 3.58. The normalized spacial score (nSPS) is 22.2. The summed E-state index contributed by atoms with van der Waals surface area (Å²) in [5.74, 6) is 1.61. The number of anilines is 1. The zero-order valence-electron chi connectivity index (χ0n) is 7.56. The molecule has 13 heavy (non-hydrogen) atoms. The van der Waals surface area contributed by atoms with Crippen molar-refractivity contribution in [2.24, 2.45) is 0 Å². The predicted octanol–water partition coefficient (Wildman–Crippen LogP) is 1.26. The van der Waals surface area contributed by atoms with Crippen LogP contribution < -0.4 is 4.31 Å². The topological polar surface area (TPSA) is 33.2 Å². The van der Waals surface area contributed by atoms with Gasteiger partial charge in [0.25, 0.3) is 0 Å². The van der Waals surface area contributed by atoms with Crippen molar-refractivity contribution < 1.29 is 4.21 Å². The summed E-state index contributed by atoms with van der Waals surface area (Å²) in [6.07, 6.45) is 2.81. The minimum absolute atomic E-state index is 0.773. The van der Waals surface area contributed by atoms with Gasteiger partial charge in [-0.2, -0.15) is 0 Å². The Labute approximate surface area is 80.4 Å². The molecule has 4 heteroatoms. The lowest BCUT2D eigenvalue weighted by Gasteiger charge is -2.14. The molecule has 0 amide bonds. The second-order valence-electron chi connectivity index (χ2n) is 3.18. The Hall–Kier alpha value is -0.900. The molecule has 1 aromatic rings. The Kier molecular flexibility index (Phi) is 2.31. The van der Waals surface area contributed by atoms with Gasteiger partial charge in [0.1, 0.15) is 16.8 Å². The van der Waals surface area contributed by atoms with Crippen molar-refractivity contribution in [3.8, 4) is 0 Å². The monoisotopic (exact) mass is 196 g/mol. The number of nitrogens with zero attached hydrogens (tertiary/aromatic N) is 2. The molecule has 0 radical (unpaired) electrons. The summed E-state index contributed by atoms with van der Waals surface area (Å²) < 4.78 is 13.3. The van der Waals surface area contributed by atoms with Crippen LogP contribution in [0.1, 0.15) is 12.0 Å². The fraction of sp³-hybridized carbons (Fsp3) is 0.444. The van der Waals surface area contributed by atoms with Crippen molar-refractivity contribution in [3.63, 3.8) is 0 Å². The molecule has 0 saturated carbocycles. The molecule has 0 N–H and O–H groups in total. The Morgan fingerprint density at radius 1 is 1.54 bits per heavy atom. The lowest BCUT2D eigenvalue weighted by molar-refractivity contribution is 0.685. The van der Waals surface area contributed by atoms with Crippen molar-refractivity contribution in [2.45, 2.75) is 13.3 Å². The van der Waals surface area contributed by atoms with Crippen LogP contribution in [0.3, 0.4) is 0 Å². The van der Waals surface area contributed by atoms with E-state index in [0.717, 1.165) is 30.1 Å². The van der Waals surface area contributed by atoms with E-state index >= 15 is 0 Å². The molecule has 3 nitrogen and oxygen atoms in total. The second kappa shape index (κ2) is 3.46. The molecule has 1 unspecified atom stereocenters. The number of aromatic nitrogens is 1. The maximum atomic E-state index is 11.5. The molecule has 1 aromatic heterocycles. The van der Waals surface area contributed by atoms with Crippen LogP contribution in [0.2, 0.25) is 0 Å². The molecule has 2 rings (SSSR count). The van der Waals surface area contributed by atoms with E-state index in [9.17, 15) is 4.21 Å². The van der Waals surface area contributed by atoms with E-state index in [1.807, 2.05) is 29.6 Å². The third kappa shape index (κ3) is 1.72. The minimum Gasteiger partial charge on any atom is -0.276 e. The summed E-state index contributed by atoms with van der Waals surface area (Å²) in [5, 5.41) is 0. The molecule has 1 saturated heterocycles. The highest BCUT2D eigenvalue weighted by atomic mass is 32.2. The van der Waals surface area contributed by atoms with Gasteiger partial charge in [-0.3, -0.25) is 4.31 Å². The average Bonchev–Trinajstić information content (AvgIpc) is 2.53. The molecular formula is C9H12N2OS. The lowest BCUT2D eigenvalue weighted by atomic mass is 10.3. The first-order valence-electron chi connectivity index (χ1n) is 4.36. The van der Waals surface area contributed by atoms with Gasteiger partial charge in [-0.25, -0.2) is 9.19 Å². The van der Waals surface area contributed by atoms with Gasteiger partial charge < -0.3 is 0 Å². The van der Waals surface area contributed by atoms with E-state index in [1.54, 1.807) is 0 Å². The van der Waals surface area contributed by atoms with E-state index in [2.05, 4.69) is 4.98 Å². The van der Waals surface area contributed by atoms with E-state index < -0.39 is 11.0 Å². The Balaban J connectivity index is 2.25. The van der Waals surface area contributed by atoms with Gasteiger partial charge in [0.2, 0.25) is 0 Å². The fourth-order valence-electron chi connectivity index (χ4n) is 1.37. The standard InChI is InChI=1S/C9H12N2OS/c1-8-3-4-9(10-7-8)11-5-2-6-13(11)12/h3-4,7H,2,5-6H2,1H3. The van der Waals surface area contributed by atoms with Crippen molar-refractivity contribution in [1.82, 2.24) is 4.98 Å². The minimum atomic E-state index is -0.847. The average molecular weight is 196 g/mol. The van der Waals surface area contributed by atoms with E-state index in [1.165, 1.54) is 0 Å². The number of pyridine rings is 1. The molecule has 1 atom stereocenters. The van der Waals surface area contributed by atoms with E-state index in [-0.39, 0.29) is 0 Å². The van der Waals surface area contributed by atoms with E-state index in [4.69, 9.17) is 0 Å². The summed E-state index contributed by atoms with van der Waals surface area (Å²) in [7, 11) is -0.847. The molecule has 2 heterocycles. The van der Waals surface area contributed by atoms with Crippen molar-refractivity contribution in [2.75, 3.05) is 16.6 Å². The molecule has 1 aliphatic heterocycles. The zero-order chi connectivity index (χ0) is 9.26. The maximum absolute atomic E-state index is 11.5. The largest absolute Gasteiger partial charge is 0.276 e. The summed E-state index contributed by atoms with van der Waals surface area (Å²) in [4.78, 5) is 4.24. The van der Waals surface area contributed by atoms with Crippen molar-refractivity contribution >= 4 is 16.8 Å². The molecule has 70 valence electrons. The first-order valence-corrected chi connectivity index (χ1v) is 5.63. The van der Waals surface area contributed by atoms with Crippen LogP contribution in [0.5, 0.6) is 0 Å². The van der Waals surface area contributed by atoms with Crippen LogP contribution in [0.15, 0.2) is 18.3 Å². The highest BCUT2D eigenvalue weighted by Crippen LogP contribution is 2.18. The number of aryl methyl sites for hydroxylation is 1. The highest BCUT2D eigenvalue weighted by Gasteiger charge is 2.20. The Bertz CT molecular complexity index is 323. The third-order valence-electron chi connectivity index (χ3n) is 2.08. The molecule has 1 fully saturated rings. The smallest absolute Gasteiger partial charge is 0.140 e. The molecule has 0 bridgehead atoms. The predicted molar refractivity (Wildman–Crippen MR) is 53.9 cm³/mol. The van der Waals surface area contributed by atoms with E-state index in [0.29, 0.717) is 0 Å². The van der Waals surface area contributed by atoms with Gasteiger partial charge in [0.15, 0.2) is 0 Å². The van der Waals surface area contributed by atoms with Gasteiger partial charge in [-0.15, -0.1) is 0 Å². The Morgan fingerprint density at radius 3 is 2.92 bits per heavy atom. The fourth-order valence-corrected chi connectivity index (χ4v) is 2.62. The first-order chi connectivity index (χ1) is 6.27. The van der Waals surface area contributed by atoms with Crippen LogP contribution >= 0.6 is 0 Å². The van der Waals surface area contributed by atoms with Crippen LogP contribution in [-0.2, 0) is 11.0 Å². The molecule has 0 aromatic carbocycles. The lowest BCUT2D eigenvalue weighted by Crippen LogP contribution is -2.20. The summed E-state index contributed by atoms with van der Waals surface area (Å²) >= 11 is 0. The van der Waals surface area contributed by atoms with Gasteiger partial charge in [0, 0.05) is 18.5 Å². The summed E-state index contributed by atoms with van der Waals surface area (Å²) in [5.41, 5.74) is 1.13. The van der Waals surface area contributed by atoms with Crippen LogP contribution in [0, 0.1) is 6.92 Å². The van der Waals surface area contributed by atoms with Crippen LogP contribution in [0.4, 0.5) is 5.82 Å². The Morgan fingerprint density at radius 2 is 2.38 bits per heavy atom. The van der Waals surface area contributed by atoms with Crippen molar-refractivity contribution in [3.05, 3.63) is 23.9 Å². The number of hydrogen-bond donors (Lipinski definition) is 0. The van der Waals surface area contributed by atoms with Crippen LogP contribution in [-0.4, -0.2) is 21.5 Å². The maximum Gasteiger partial charge on any atom is 0.140 e. The molecule has 0 aliphatic carbocycles. The second-order valence-corrected chi connectivity index (χ2v) is 4.67. The number of hydrogen-bond acceptors (Lipinski definition) is 2. The van der Waals surface area contributed by atoms with Crippen LogP contribution in [0.25, 0.3) is 0 Å². The zero-order valence-corrected chi connectivity index (χ0v) is 8.38. The van der Waals surface area contributed by atoms with Gasteiger partial charge in [0.05, 0.1) is 0 Å². The van der Waals surface area contributed by atoms with Gasteiger partial charge >= 0.3 is 0 Å². The molecular weight excluding hydrogens is 184 g/mol. The summed E-state index contributed by atoms with van der Waals surface area (Å²) in [6.45, 7) is 2.86. The van der Waals surface area contributed by atoms with Gasteiger partial charge in [-0.1, -0.05) is 6.07 Å². The molecule has 0 spiro atoms. The number of rotatable bonds is 1. The quantitative estimate of drug-likeness (QED) is 0.677.